The first-order valence-corrected chi connectivity index (χ1v) is 9.59. The normalized spacial score (nSPS) is 12.8. The summed E-state index contributed by atoms with van der Waals surface area (Å²) in [7, 11) is -2.65. The highest BCUT2D eigenvalue weighted by atomic mass is 32.2. The predicted octanol–water partition coefficient (Wildman–Crippen LogP) is 3.52. The molecule has 2 aromatic rings. The number of hydrazone groups is 1. The van der Waals surface area contributed by atoms with Crippen LogP contribution in [0.3, 0.4) is 0 Å². The molecule has 0 aliphatic carbocycles. The Balaban J connectivity index is 2.29. The van der Waals surface area contributed by atoms with Crippen molar-refractivity contribution in [1.29, 1.82) is 0 Å². The maximum absolute atomic E-state index is 13.8. The number of nitrogens with zero attached hydrogens (tertiary/aromatic N) is 2. The van der Waals surface area contributed by atoms with E-state index in [1.807, 2.05) is 13.8 Å². The summed E-state index contributed by atoms with van der Waals surface area (Å²) < 4.78 is 53.9. The lowest BCUT2D eigenvalue weighted by molar-refractivity contribution is 0.551. The van der Waals surface area contributed by atoms with E-state index >= 15 is 0 Å². The number of aliphatic imine (C=N–C) groups is 1. The SMILES string of the molecule is CCC(C)=NNC(=NC)c1cccc(NS(=O)(=O)c2ccc(F)cc2F)c1. The molecule has 6 nitrogen and oxygen atoms in total. The Bertz CT molecular complexity index is 989. The first-order chi connectivity index (χ1) is 12.8. The summed E-state index contributed by atoms with van der Waals surface area (Å²) in [6.07, 6.45) is 0.771. The monoisotopic (exact) mass is 394 g/mol. The predicted molar refractivity (Wildman–Crippen MR) is 103 cm³/mol. The van der Waals surface area contributed by atoms with E-state index < -0.39 is 26.6 Å². The van der Waals surface area contributed by atoms with E-state index in [4.69, 9.17) is 0 Å². The second-order valence-electron chi connectivity index (χ2n) is 5.65. The van der Waals surface area contributed by atoms with Crippen molar-refractivity contribution in [3.05, 3.63) is 59.7 Å². The number of nitrogens with one attached hydrogen (secondary N) is 2. The number of benzene rings is 2. The Labute approximate surface area is 157 Å². The number of rotatable bonds is 6. The van der Waals surface area contributed by atoms with Gasteiger partial charge in [-0.3, -0.25) is 15.1 Å². The third-order valence-electron chi connectivity index (χ3n) is 3.66. The van der Waals surface area contributed by atoms with Crippen LogP contribution in [0.4, 0.5) is 14.5 Å². The Hall–Kier alpha value is -2.81. The van der Waals surface area contributed by atoms with Gasteiger partial charge in [-0.15, -0.1) is 0 Å². The van der Waals surface area contributed by atoms with Gasteiger partial charge < -0.3 is 0 Å². The quantitative estimate of drug-likeness (QED) is 0.447. The molecule has 0 bridgehead atoms. The molecule has 2 aromatic carbocycles. The van der Waals surface area contributed by atoms with Crippen molar-refractivity contribution in [2.24, 2.45) is 10.1 Å². The summed E-state index contributed by atoms with van der Waals surface area (Å²) in [4.78, 5) is 3.46. The van der Waals surface area contributed by atoms with Crippen LogP contribution in [-0.4, -0.2) is 27.0 Å². The van der Waals surface area contributed by atoms with E-state index in [0.717, 1.165) is 24.3 Å². The van der Waals surface area contributed by atoms with Crippen LogP contribution in [-0.2, 0) is 10.0 Å². The molecule has 2 rings (SSSR count). The van der Waals surface area contributed by atoms with Gasteiger partial charge in [0.2, 0.25) is 0 Å². The molecule has 0 atom stereocenters. The van der Waals surface area contributed by atoms with E-state index in [1.54, 1.807) is 19.2 Å². The van der Waals surface area contributed by atoms with Crippen LogP contribution < -0.4 is 10.1 Å². The summed E-state index contributed by atoms with van der Waals surface area (Å²) in [6.45, 7) is 3.83. The molecule has 27 heavy (non-hydrogen) atoms. The first kappa shape index (κ1) is 20.5. The third-order valence-corrected chi connectivity index (χ3v) is 5.07. The minimum Gasteiger partial charge on any atom is -0.280 e. The molecule has 2 N–H and O–H groups in total. The van der Waals surface area contributed by atoms with Crippen molar-refractivity contribution in [3.8, 4) is 0 Å². The van der Waals surface area contributed by atoms with Gasteiger partial charge in [-0.05, 0) is 37.6 Å². The summed E-state index contributed by atoms with van der Waals surface area (Å²) >= 11 is 0. The summed E-state index contributed by atoms with van der Waals surface area (Å²) in [6, 6.07) is 8.67. The van der Waals surface area contributed by atoms with Gasteiger partial charge in [0.1, 0.15) is 22.4 Å². The van der Waals surface area contributed by atoms with Crippen LogP contribution in [0.2, 0.25) is 0 Å². The Kier molecular flexibility index (Phi) is 6.62. The zero-order chi connectivity index (χ0) is 20.0. The second kappa shape index (κ2) is 8.72. The van der Waals surface area contributed by atoms with Crippen molar-refractivity contribution in [2.75, 3.05) is 11.8 Å². The number of hydrogen-bond acceptors (Lipinski definition) is 4. The fourth-order valence-corrected chi connectivity index (χ4v) is 3.21. The molecular weight excluding hydrogens is 374 g/mol. The molecule has 0 aliphatic heterocycles. The largest absolute Gasteiger partial charge is 0.280 e. The zero-order valence-corrected chi connectivity index (χ0v) is 15.9. The van der Waals surface area contributed by atoms with Gasteiger partial charge in [-0.2, -0.15) is 5.10 Å². The van der Waals surface area contributed by atoms with E-state index in [1.165, 1.54) is 12.1 Å². The van der Waals surface area contributed by atoms with Crippen LogP contribution in [0, 0.1) is 11.6 Å². The molecule has 9 heteroatoms. The van der Waals surface area contributed by atoms with Crippen molar-refractivity contribution in [1.82, 2.24) is 5.43 Å². The van der Waals surface area contributed by atoms with Crippen molar-refractivity contribution in [2.45, 2.75) is 25.2 Å². The van der Waals surface area contributed by atoms with Crippen molar-refractivity contribution in [3.63, 3.8) is 0 Å². The Morgan fingerprint density at radius 2 is 1.89 bits per heavy atom. The fourth-order valence-electron chi connectivity index (χ4n) is 2.10. The number of halogens is 2. The molecule has 0 unspecified atom stereocenters. The van der Waals surface area contributed by atoms with Crippen LogP contribution in [0.5, 0.6) is 0 Å². The van der Waals surface area contributed by atoms with Gasteiger partial charge in [-0.25, -0.2) is 17.2 Å². The molecule has 0 spiro atoms. The lowest BCUT2D eigenvalue weighted by atomic mass is 10.2. The molecule has 0 aromatic heterocycles. The van der Waals surface area contributed by atoms with E-state index in [9.17, 15) is 17.2 Å². The molecule has 0 radical (unpaired) electrons. The molecule has 0 saturated carbocycles. The second-order valence-corrected chi connectivity index (χ2v) is 7.30. The van der Waals surface area contributed by atoms with Gasteiger partial charge in [0.05, 0.1) is 0 Å². The lowest BCUT2D eigenvalue weighted by Crippen LogP contribution is -2.21. The maximum Gasteiger partial charge on any atom is 0.264 e. The molecule has 0 saturated heterocycles. The topological polar surface area (TPSA) is 82.9 Å². The minimum atomic E-state index is -4.22. The summed E-state index contributed by atoms with van der Waals surface area (Å²) in [5.74, 6) is -1.58. The van der Waals surface area contributed by atoms with Crippen LogP contribution in [0.15, 0.2) is 57.5 Å². The highest BCUT2D eigenvalue weighted by Gasteiger charge is 2.20. The van der Waals surface area contributed by atoms with Gasteiger partial charge in [0, 0.05) is 30.1 Å². The minimum absolute atomic E-state index is 0.204. The van der Waals surface area contributed by atoms with Gasteiger partial charge >= 0.3 is 0 Å². The van der Waals surface area contributed by atoms with Crippen LogP contribution in [0.25, 0.3) is 0 Å². The molecular formula is C18H20F2N4O2S. The Morgan fingerprint density at radius 1 is 1.15 bits per heavy atom. The lowest BCUT2D eigenvalue weighted by Gasteiger charge is -2.11. The molecule has 144 valence electrons. The van der Waals surface area contributed by atoms with Gasteiger partial charge in [-0.1, -0.05) is 19.1 Å². The van der Waals surface area contributed by atoms with Gasteiger partial charge in [0.25, 0.3) is 10.0 Å². The first-order valence-electron chi connectivity index (χ1n) is 8.11. The van der Waals surface area contributed by atoms with Crippen molar-refractivity contribution < 1.29 is 17.2 Å². The molecule has 0 aliphatic rings. The number of sulfonamides is 1. The van der Waals surface area contributed by atoms with Crippen molar-refractivity contribution >= 4 is 27.3 Å². The maximum atomic E-state index is 13.8. The van der Waals surface area contributed by atoms with E-state index in [0.29, 0.717) is 17.5 Å². The standard InChI is InChI=1S/C18H20F2N4O2S/c1-4-12(2)22-23-18(21-3)13-6-5-7-15(10-13)24-27(25,26)17-9-8-14(19)11-16(17)20/h5-11,24H,4H2,1-3H3,(H,21,23). The number of amidine groups is 1. The highest BCUT2D eigenvalue weighted by molar-refractivity contribution is 7.92. The van der Waals surface area contributed by atoms with E-state index in [-0.39, 0.29) is 5.69 Å². The average molecular weight is 394 g/mol. The van der Waals surface area contributed by atoms with Crippen LogP contribution in [0.1, 0.15) is 25.8 Å². The van der Waals surface area contributed by atoms with Gasteiger partial charge in [0.15, 0.2) is 0 Å². The number of hydrogen-bond donors (Lipinski definition) is 2. The third kappa shape index (κ3) is 5.33. The fraction of sp³-hybridized carbons (Fsp3) is 0.222. The molecule has 0 amide bonds. The Morgan fingerprint density at radius 3 is 2.52 bits per heavy atom. The summed E-state index contributed by atoms with van der Waals surface area (Å²) in [5, 5.41) is 4.17. The zero-order valence-electron chi connectivity index (χ0n) is 15.1. The molecule has 0 fully saturated rings. The average Bonchev–Trinajstić information content (AvgIpc) is 2.61. The number of anilines is 1. The summed E-state index contributed by atoms with van der Waals surface area (Å²) in [5.41, 5.74) is 4.50. The van der Waals surface area contributed by atoms with Crippen LogP contribution >= 0.6 is 0 Å². The molecule has 0 heterocycles. The highest BCUT2D eigenvalue weighted by Crippen LogP contribution is 2.20. The smallest absolute Gasteiger partial charge is 0.264 e. The van der Waals surface area contributed by atoms with E-state index in [2.05, 4.69) is 20.2 Å².